The second-order valence-corrected chi connectivity index (χ2v) is 8.34. The van der Waals surface area contributed by atoms with E-state index in [4.69, 9.17) is 9.84 Å². The van der Waals surface area contributed by atoms with E-state index in [0.29, 0.717) is 18.7 Å². The molecule has 0 heterocycles. The second-order valence-electron chi connectivity index (χ2n) is 8.34. The molecule has 0 radical (unpaired) electrons. The fraction of sp³-hybridized carbons (Fsp3) is 0.400. The molecular weight excluding hydrogens is 410 g/mol. The third-order valence-electron chi connectivity index (χ3n) is 6.27. The summed E-state index contributed by atoms with van der Waals surface area (Å²) in [4.78, 5) is 35.8. The smallest absolute Gasteiger partial charge is 0.306 e. The average Bonchev–Trinajstić information content (AvgIpc) is 2.76. The molecule has 1 saturated carbocycles. The molecule has 7 nitrogen and oxygen atoms in total. The van der Waals surface area contributed by atoms with Crippen LogP contribution in [-0.2, 0) is 20.9 Å². The minimum Gasteiger partial charge on any atom is -0.481 e. The molecule has 3 N–H and O–H groups in total. The molecule has 0 spiro atoms. The molecule has 3 unspecified atom stereocenters. The number of benzene rings is 2. The number of hydrogen-bond donors (Lipinski definition) is 3. The van der Waals surface area contributed by atoms with Gasteiger partial charge in [0.05, 0.1) is 11.3 Å². The van der Waals surface area contributed by atoms with Crippen LogP contribution >= 0.6 is 0 Å². The molecule has 3 atom stereocenters. The zero-order valence-electron chi connectivity index (χ0n) is 18.1. The molecule has 1 fully saturated rings. The molecule has 0 aromatic heterocycles. The van der Waals surface area contributed by atoms with E-state index in [0.717, 1.165) is 17.7 Å². The van der Waals surface area contributed by atoms with Crippen LogP contribution in [0.15, 0.2) is 54.6 Å². The first-order valence-corrected chi connectivity index (χ1v) is 10.9. The van der Waals surface area contributed by atoms with Crippen molar-refractivity contribution in [3.05, 3.63) is 60.2 Å². The molecule has 1 aliphatic carbocycles. The van der Waals surface area contributed by atoms with E-state index in [1.807, 2.05) is 61.5 Å². The Morgan fingerprint density at radius 3 is 2.28 bits per heavy atom. The number of aliphatic carboxylic acids is 2. The number of ether oxygens (including phenoxy) is 1. The lowest BCUT2D eigenvalue weighted by atomic mass is 9.50. The van der Waals surface area contributed by atoms with Crippen LogP contribution in [0.1, 0.15) is 44.6 Å². The summed E-state index contributed by atoms with van der Waals surface area (Å²) in [6.07, 6.45) is 1.54. The Bertz CT molecular complexity index is 943. The van der Waals surface area contributed by atoms with Gasteiger partial charge >= 0.3 is 11.9 Å². The summed E-state index contributed by atoms with van der Waals surface area (Å²) in [6, 6.07) is 16.8. The monoisotopic (exact) mass is 439 g/mol. The van der Waals surface area contributed by atoms with Gasteiger partial charge in [-0.2, -0.15) is 0 Å². The zero-order valence-corrected chi connectivity index (χ0v) is 18.1. The van der Waals surface area contributed by atoms with Crippen molar-refractivity contribution in [2.24, 2.45) is 17.3 Å². The summed E-state index contributed by atoms with van der Waals surface area (Å²) in [5.41, 5.74) is 0.0606. The van der Waals surface area contributed by atoms with Crippen LogP contribution in [0.5, 0.6) is 11.5 Å². The predicted molar refractivity (Wildman–Crippen MR) is 118 cm³/mol. The number of carbonyl (C=O) groups is 3. The summed E-state index contributed by atoms with van der Waals surface area (Å²) in [5.74, 6) is -1.87. The normalized spacial score (nSPS) is 21.9. The average molecular weight is 440 g/mol. The number of amides is 1. The lowest BCUT2D eigenvalue weighted by Crippen LogP contribution is -2.59. The van der Waals surface area contributed by atoms with Crippen molar-refractivity contribution >= 4 is 17.8 Å². The number of carboxylic acids is 2. The maximum Gasteiger partial charge on any atom is 0.306 e. The molecule has 3 rings (SSSR count). The highest BCUT2D eigenvalue weighted by Gasteiger charge is 2.59. The first-order chi connectivity index (χ1) is 15.4. The highest BCUT2D eigenvalue weighted by Crippen LogP contribution is 2.56. The Labute approximate surface area is 187 Å². The van der Waals surface area contributed by atoms with Crippen LogP contribution in [0.2, 0.25) is 0 Å². The maximum atomic E-state index is 13.2. The molecule has 7 heteroatoms. The highest BCUT2D eigenvalue weighted by molar-refractivity contribution is 5.87. The van der Waals surface area contributed by atoms with Crippen LogP contribution < -0.4 is 10.1 Å². The van der Waals surface area contributed by atoms with Gasteiger partial charge in [0.2, 0.25) is 5.91 Å². The minimum absolute atomic E-state index is 0.143. The second kappa shape index (κ2) is 10.3. The SMILES string of the molecule is CCCC1(C(=O)NCc2ccc(Oc3ccccc3)cc2)CC(C(=O)O)C1CCC(=O)O. The van der Waals surface area contributed by atoms with E-state index < -0.39 is 29.2 Å². The Hall–Kier alpha value is -3.35. The molecule has 0 saturated heterocycles. The van der Waals surface area contributed by atoms with Crippen molar-refractivity contribution in [1.29, 1.82) is 0 Å². The van der Waals surface area contributed by atoms with E-state index in [9.17, 15) is 19.5 Å². The fourth-order valence-corrected chi connectivity index (χ4v) is 4.69. The first-order valence-electron chi connectivity index (χ1n) is 10.9. The number of carboxylic acid groups (broad SMARTS) is 2. The number of para-hydroxylation sites is 1. The van der Waals surface area contributed by atoms with Gasteiger partial charge < -0.3 is 20.3 Å². The van der Waals surface area contributed by atoms with E-state index in [2.05, 4.69) is 5.32 Å². The van der Waals surface area contributed by atoms with Crippen molar-refractivity contribution in [3.63, 3.8) is 0 Å². The minimum atomic E-state index is -0.982. The van der Waals surface area contributed by atoms with Crippen LogP contribution in [-0.4, -0.2) is 28.1 Å². The van der Waals surface area contributed by atoms with Gasteiger partial charge in [-0.05, 0) is 55.0 Å². The van der Waals surface area contributed by atoms with Crippen LogP contribution in [0.4, 0.5) is 0 Å². The van der Waals surface area contributed by atoms with Gasteiger partial charge in [0, 0.05) is 13.0 Å². The largest absolute Gasteiger partial charge is 0.481 e. The van der Waals surface area contributed by atoms with Gasteiger partial charge in [0.25, 0.3) is 0 Å². The summed E-state index contributed by atoms with van der Waals surface area (Å²) < 4.78 is 5.78. The summed E-state index contributed by atoms with van der Waals surface area (Å²) >= 11 is 0. The van der Waals surface area contributed by atoms with Crippen molar-refractivity contribution in [3.8, 4) is 11.5 Å². The molecule has 0 bridgehead atoms. The first kappa shape index (κ1) is 23.3. The number of nitrogens with one attached hydrogen (secondary N) is 1. The van der Waals surface area contributed by atoms with Crippen LogP contribution in [0.3, 0.4) is 0 Å². The number of hydrogen-bond acceptors (Lipinski definition) is 4. The summed E-state index contributed by atoms with van der Waals surface area (Å²) in [5, 5.41) is 21.5. The molecule has 1 aliphatic rings. The Balaban J connectivity index is 1.64. The predicted octanol–water partition coefficient (Wildman–Crippen LogP) is 4.47. The summed E-state index contributed by atoms with van der Waals surface area (Å²) in [6.45, 7) is 2.25. The van der Waals surface area contributed by atoms with E-state index in [-0.39, 0.29) is 25.2 Å². The Kier molecular flexibility index (Phi) is 7.51. The number of carbonyl (C=O) groups excluding carboxylic acids is 1. The van der Waals surface area contributed by atoms with Gasteiger partial charge in [-0.3, -0.25) is 14.4 Å². The topological polar surface area (TPSA) is 113 Å². The highest BCUT2D eigenvalue weighted by atomic mass is 16.5. The zero-order chi connectivity index (χ0) is 23.1. The Morgan fingerprint density at radius 2 is 1.69 bits per heavy atom. The van der Waals surface area contributed by atoms with E-state index in [1.54, 1.807) is 0 Å². The molecule has 32 heavy (non-hydrogen) atoms. The molecule has 2 aromatic carbocycles. The third-order valence-corrected chi connectivity index (χ3v) is 6.27. The van der Waals surface area contributed by atoms with Crippen molar-refractivity contribution in [2.45, 2.75) is 45.6 Å². The number of rotatable bonds is 11. The lowest BCUT2D eigenvalue weighted by Gasteiger charge is -2.52. The van der Waals surface area contributed by atoms with Crippen molar-refractivity contribution < 1.29 is 29.3 Å². The third kappa shape index (κ3) is 5.28. The van der Waals surface area contributed by atoms with Crippen molar-refractivity contribution in [1.82, 2.24) is 5.32 Å². The standard InChI is InChI=1S/C25H29NO6/c1-2-14-25(15-20(23(29)30)21(25)12-13-22(27)28)24(31)26-16-17-8-10-19(11-9-17)32-18-6-4-3-5-7-18/h3-11,20-21H,2,12-16H2,1H3,(H,26,31)(H,27,28)(H,29,30). The molecule has 0 aliphatic heterocycles. The molecule has 2 aromatic rings. The molecule has 1 amide bonds. The summed E-state index contributed by atoms with van der Waals surface area (Å²) in [7, 11) is 0. The lowest BCUT2D eigenvalue weighted by molar-refractivity contribution is -0.170. The van der Waals surface area contributed by atoms with Gasteiger partial charge in [-0.1, -0.05) is 43.7 Å². The van der Waals surface area contributed by atoms with Gasteiger partial charge in [-0.15, -0.1) is 0 Å². The van der Waals surface area contributed by atoms with Gasteiger partial charge in [0.15, 0.2) is 0 Å². The van der Waals surface area contributed by atoms with Crippen molar-refractivity contribution in [2.75, 3.05) is 0 Å². The fourth-order valence-electron chi connectivity index (χ4n) is 4.69. The van der Waals surface area contributed by atoms with Crippen LogP contribution in [0.25, 0.3) is 0 Å². The van der Waals surface area contributed by atoms with E-state index in [1.165, 1.54) is 0 Å². The van der Waals surface area contributed by atoms with Gasteiger partial charge in [-0.25, -0.2) is 0 Å². The molecular formula is C25H29NO6. The maximum absolute atomic E-state index is 13.2. The van der Waals surface area contributed by atoms with E-state index >= 15 is 0 Å². The van der Waals surface area contributed by atoms with Crippen LogP contribution in [0, 0.1) is 17.3 Å². The van der Waals surface area contributed by atoms with Gasteiger partial charge in [0.1, 0.15) is 11.5 Å². The Morgan fingerprint density at radius 1 is 1.03 bits per heavy atom. The molecule has 170 valence electrons. The quantitative estimate of drug-likeness (QED) is 0.476.